The number of H-pyrrole nitrogens is 1. The van der Waals surface area contributed by atoms with Crippen LogP contribution in [0.3, 0.4) is 0 Å². The SMILES string of the molecule is CCCCn1c(=O)[nH]c(=O)c2c1nc(CN1C(=O)NC(C)(c3ccccc3C)C1=O)n2CC. The van der Waals surface area contributed by atoms with Crippen LogP contribution >= 0.6 is 0 Å². The maximum Gasteiger partial charge on any atom is 0.330 e. The number of rotatable bonds is 7. The molecule has 4 rings (SSSR count). The molecule has 2 aromatic heterocycles. The van der Waals surface area contributed by atoms with Crippen LogP contribution in [0.25, 0.3) is 11.2 Å². The van der Waals surface area contributed by atoms with Gasteiger partial charge in [-0.15, -0.1) is 0 Å². The molecule has 1 aliphatic heterocycles. The van der Waals surface area contributed by atoms with Crippen LogP contribution in [0.4, 0.5) is 4.79 Å². The number of imide groups is 1. The van der Waals surface area contributed by atoms with Gasteiger partial charge in [0.1, 0.15) is 11.4 Å². The van der Waals surface area contributed by atoms with Gasteiger partial charge in [-0.3, -0.25) is 24.0 Å². The fourth-order valence-corrected chi connectivity index (χ4v) is 4.50. The summed E-state index contributed by atoms with van der Waals surface area (Å²) < 4.78 is 3.10. The first-order valence-corrected chi connectivity index (χ1v) is 11.1. The molecule has 3 heterocycles. The highest BCUT2D eigenvalue weighted by Crippen LogP contribution is 2.31. The number of aromatic nitrogens is 4. The lowest BCUT2D eigenvalue weighted by atomic mass is 9.88. The number of benzene rings is 1. The summed E-state index contributed by atoms with van der Waals surface area (Å²) in [6.45, 7) is 8.11. The van der Waals surface area contributed by atoms with Gasteiger partial charge in [0.05, 0.1) is 6.54 Å². The van der Waals surface area contributed by atoms with Crippen molar-refractivity contribution >= 4 is 23.1 Å². The lowest BCUT2D eigenvalue weighted by Gasteiger charge is -2.24. The van der Waals surface area contributed by atoms with Gasteiger partial charge in [0, 0.05) is 13.1 Å². The maximum atomic E-state index is 13.4. The second-order valence-corrected chi connectivity index (χ2v) is 8.47. The van der Waals surface area contributed by atoms with E-state index in [1.807, 2.05) is 45.0 Å². The summed E-state index contributed by atoms with van der Waals surface area (Å²) >= 11 is 0. The Hall–Kier alpha value is -3.69. The zero-order valence-electron chi connectivity index (χ0n) is 19.3. The van der Waals surface area contributed by atoms with Gasteiger partial charge < -0.3 is 9.88 Å². The van der Waals surface area contributed by atoms with E-state index in [2.05, 4.69) is 15.3 Å². The van der Waals surface area contributed by atoms with E-state index in [9.17, 15) is 19.2 Å². The molecule has 33 heavy (non-hydrogen) atoms. The van der Waals surface area contributed by atoms with Gasteiger partial charge in [-0.2, -0.15) is 0 Å². The molecule has 2 N–H and O–H groups in total. The number of unbranched alkanes of at least 4 members (excludes halogenated alkanes) is 1. The van der Waals surface area contributed by atoms with Crippen molar-refractivity contribution in [3.63, 3.8) is 0 Å². The molecule has 1 saturated heterocycles. The minimum absolute atomic E-state index is 0.115. The third kappa shape index (κ3) is 3.55. The zero-order valence-corrected chi connectivity index (χ0v) is 19.3. The van der Waals surface area contributed by atoms with E-state index in [4.69, 9.17) is 0 Å². The van der Waals surface area contributed by atoms with Crippen molar-refractivity contribution in [3.8, 4) is 0 Å². The summed E-state index contributed by atoms with van der Waals surface area (Å²) in [5.74, 6) is -0.0276. The van der Waals surface area contributed by atoms with E-state index in [-0.39, 0.29) is 17.7 Å². The summed E-state index contributed by atoms with van der Waals surface area (Å²) in [6, 6.07) is 6.89. The van der Waals surface area contributed by atoms with E-state index in [1.54, 1.807) is 11.5 Å². The lowest BCUT2D eigenvalue weighted by Crippen LogP contribution is -2.41. The number of aryl methyl sites for hydroxylation is 3. The molecule has 0 bridgehead atoms. The fraction of sp³-hybridized carbons (Fsp3) is 0.435. The molecule has 0 aliphatic carbocycles. The first-order valence-electron chi connectivity index (χ1n) is 11.1. The van der Waals surface area contributed by atoms with Crippen molar-refractivity contribution < 1.29 is 9.59 Å². The Morgan fingerprint density at radius 3 is 2.45 bits per heavy atom. The molecule has 3 aromatic rings. The second kappa shape index (κ2) is 8.34. The number of aromatic amines is 1. The van der Waals surface area contributed by atoms with Crippen molar-refractivity contribution in [2.24, 2.45) is 0 Å². The van der Waals surface area contributed by atoms with Crippen molar-refractivity contribution in [3.05, 3.63) is 62.1 Å². The average molecular weight is 453 g/mol. The Labute approximate surface area is 190 Å². The third-order valence-electron chi connectivity index (χ3n) is 6.27. The summed E-state index contributed by atoms with van der Waals surface area (Å²) in [4.78, 5) is 59.4. The molecule has 0 spiro atoms. The molecule has 1 fully saturated rings. The normalized spacial score (nSPS) is 18.4. The van der Waals surface area contributed by atoms with E-state index in [1.165, 1.54) is 4.57 Å². The van der Waals surface area contributed by atoms with Crippen LogP contribution in [-0.2, 0) is 30.0 Å². The monoisotopic (exact) mass is 452 g/mol. The van der Waals surface area contributed by atoms with E-state index < -0.39 is 28.7 Å². The molecule has 1 aromatic carbocycles. The molecule has 3 amide bonds. The first kappa shape index (κ1) is 22.5. The Morgan fingerprint density at radius 2 is 1.79 bits per heavy atom. The lowest BCUT2D eigenvalue weighted by molar-refractivity contribution is -0.131. The highest BCUT2D eigenvalue weighted by molar-refractivity contribution is 6.07. The molecule has 0 radical (unpaired) electrons. The number of imidazole rings is 1. The summed E-state index contributed by atoms with van der Waals surface area (Å²) in [5.41, 5.74) is -0.116. The number of amides is 3. The predicted octanol–water partition coefficient (Wildman–Crippen LogP) is 1.98. The number of hydrogen-bond acceptors (Lipinski definition) is 5. The molecule has 174 valence electrons. The molecule has 1 atom stereocenters. The topological polar surface area (TPSA) is 122 Å². The Morgan fingerprint density at radius 1 is 1.06 bits per heavy atom. The smallest absolute Gasteiger partial charge is 0.321 e. The second-order valence-electron chi connectivity index (χ2n) is 8.47. The predicted molar refractivity (Wildman–Crippen MR) is 123 cm³/mol. The van der Waals surface area contributed by atoms with Gasteiger partial charge in [-0.05, 0) is 38.3 Å². The third-order valence-corrected chi connectivity index (χ3v) is 6.27. The summed E-state index contributed by atoms with van der Waals surface area (Å²) in [7, 11) is 0. The van der Waals surface area contributed by atoms with Crippen LogP contribution in [0.2, 0.25) is 0 Å². The first-order chi connectivity index (χ1) is 15.7. The zero-order chi connectivity index (χ0) is 23.9. The van der Waals surface area contributed by atoms with Crippen molar-refractivity contribution in [1.29, 1.82) is 0 Å². The number of carbonyl (C=O) groups is 2. The number of hydrogen-bond donors (Lipinski definition) is 2. The van der Waals surface area contributed by atoms with Crippen LogP contribution in [0.15, 0.2) is 33.9 Å². The van der Waals surface area contributed by atoms with E-state index in [0.29, 0.717) is 18.9 Å². The van der Waals surface area contributed by atoms with Gasteiger partial charge in [0.15, 0.2) is 11.2 Å². The van der Waals surface area contributed by atoms with Crippen LogP contribution in [0, 0.1) is 6.92 Å². The molecule has 10 heteroatoms. The van der Waals surface area contributed by atoms with Crippen LogP contribution in [0.5, 0.6) is 0 Å². The van der Waals surface area contributed by atoms with E-state index in [0.717, 1.165) is 28.9 Å². The number of urea groups is 1. The van der Waals surface area contributed by atoms with Gasteiger partial charge in [0.2, 0.25) is 0 Å². The molecule has 10 nitrogen and oxygen atoms in total. The summed E-state index contributed by atoms with van der Waals surface area (Å²) in [5, 5.41) is 2.82. The standard InChI is InChI=1S/C23H28N6O4/c1-5-7-12-28-18-17(19(30)25-21(28)32)27(6-2)16(24-18)13-29-20(31)23(4,26-22(29)33)15-11-9-8-10-14(15)3/h8-11H,5-7,12-13H2,1-4H3,(H,26,33)(H,25,30,32). The largest absolute Gasteiger partial charge is 0.330 e. The fourth-order valence-electron chi connectivity index (χ4n) is 4.50. The molecule has 1 aliphatic rings. The minimum atomic E-state index is -1.20. The Bertz CT molecular complexity index is 1370. The van der Waals surface area contributed by atoms with Gasteiger partial charge in [-0.1, -0.05) is 37.6 Å². The molecule has 1 unspecified atom stereocenters. The Kier molecular flexibility index (Phi) is 5.69. The number of carbonyl (C=O) groups excluding carboxylic acids is 2. The molecular formula is C23H28N6O4. The maximum absolute atomic E-state index is 13.4. The quantitative estimate of drug-likeness (QED) is 0.531. The number of fused-ring (bicyclic) bond motifs is 1. The van der Waals surface area contributed by atoms with Crippen molar-refractivity contribution in [1.82, 2.24) is 29.3 Å². The molecule has 0 saturated carbocycles. The molecular weight excluding hydrogens is 424 g/mol. The van der Waals surface area contributed by atoms with Crippen LogP contribution in [0.1, 0.15) is 50.6 Å². The van der Waals surface area contributed by atoms with Gasteiger partial charge in [-0.25, -0.2) is 14.6 Å². The van der Waals surface area contributed by atoms with Gasteiger partial charge >= 0.3 is 11.7 Å². The number of nitrogens with one attached hydrogen (secondary N) is 2. The van der Waals surface area contributed by atoms with Crippen LogP contribution in [-0.4, -0.2) is 35.9 Å². The van der Waals surface area contributed by atoms with Crippen molar-refractivity contribution in [2.75, 3.05) is 0 Å². The Balaban J connectivity index is 1.78. The highest BCUT2D eigenvalue weighted by atomic mass is 16.2. The van der Waals surface area contributed by atoms with Crippen molar-refractivity contribution in [2.45, 2.75) is 65.7 Å². The van der Waals surface area contributed by atoms with Gasteiger partial charge in [0.25, 0.3) is 11.5 Å². The summed E-state index contributed by atoms with van der Waals surface area (Å²) in [6.07, 6.45) is 1.62. The number of nitrogens with zero attached hydrogens (tertiary/aromatic N) is 4. The minimum Gasteiger partial charge on any atom is -0.321 e. The average Bonchev–Trinajstić information content (AvgIpc) is 3.24. The highest BCUT2D eigenvalue weighted by Gasteiger charge is 2.49. The van der Waals surface area contributed by atoms with E-state index >= 15 is 0 Å². The van der Waals surface area contributed by atoms with Crippen LogP contribution < -0.4 is 16.6 Å².